The van der Waals surface area contributed by atoms with Gasteiger partial charge in [-0.25, -0.2) is 4.98 Å². The van der Waals surface area contributed by atoms with E-state index in [-0.39, 0.29) is 17.6 Å². The molecule has 0 radical (unpaired) electrons. The number of pyridine rings is 1. The number of morpholine rings is 1. The number of rotatable bonds is 2. The molecular formula is C14H19ClN2O2. The third kappa shape index (κ3) is 3.45. The highest BCUT2D eigenvalue weighted by atomic mass is 35.5. The number of aromatic nitrogens is 1. The molecule has 0 N–H and O–H groups in total. The molecule has 0 aromatic carbocycles. The number of nitrogens with zero attached hydrogens (tertiary/aromatic N) is 2. The number of halogens is 1. The highest BCUT2D eigenvalue weighted by Gasteiger charge is 2.35. The number of carbonyl (C=O) groups is 1. The van der Waals surface area contributed by atoms with Gasteiger partial charge in [0.2, 0.25) is 0 Å². The lowest BCUT2D eigenvalue weighted by Gasteiger charge is -2.42. The molecule has 1 atom stereocenters. The first-order chi connectivity index (χ1) is 8.91. The van der Waals surface area contributed by atoms with Crippen LogP contribution in [-0.2, 0) is 4.74 Å². The Hall–Kier alpha value is -1.13. The molecule has 1 amide bonds. The molecule has 4 nitrogen and oxygen atoms in total. The van der Waals surface area contributed by atoms with Crippen molar-refractivity contribution in [2.24, 2.45) is 0 Å². The smallest absolute Gasteiger partial charge is 0.272 e. The van der Waals surface area contributed by atoms with E-state index in [1.807, 2.05) is 32.9 Å². The number of ether oxygens (including phenoxy) is 1. The minimum Gasteiger partial charge on any atom is -0.367 e. The summed E-state index contributed by atoms with van der Waals surface area (Å²) in [6, 6.07) is 5.47. The van der Waals surface area contributed by atoms with Crippen LogP contribution in [0.1, 0.15) is 30.0 Å². The quantitative estimate of drug-likeness (QED) is 0.782. The Morgan fingerprint density at radius 1 is 1.58 bits per heavy atom. The Bertz CT molecular complexity index is 476. The van der Waals surface area contributed by atoms with Crippen LogP contribution in [0.2, 0.25) is 0 Å². The molecule has 1 saturated heterocycles. The van der Waals surface area contributed by atoms with E-state index in [0.29, 0.717) is 24.7 Å². The molecule has 2 rings (SSSR count). The summed E-state index contributed by atoms with van der Waals surface area (Å²) in [6.07, 6.45) is -0.126. The minimum absolute atomic E-state index is 0.0600. The predicted octanol–water partition coefficient (Wildman–Crippen LogP) is 2.25. The van der Waals surface area contributed by atoms with Gasteiger partial charge >= 0.3 is 0 Å². The molecule has 0 spiro atoms. The van der Waals surface area contributed by atoms with E-state index in [0.717, 1.165) is 5.69 Å². The highest BCUT2D eigenvalue weighted by Crippen LogP contribution is 2.22. The second kappa shape index (κ2) is 5.47. The van der Waals surface area contributed by atoms with E-state index in [4.69, 9.17) is 16.3 Å². The van der Waals surface area contributed by atoms with Crippen molar-refractivity contribution in [2.75, 3.05) is 19.0 Å². The van der Waals surface area contributed by atoms with Crippen LogP contribution in [0.5, 0.6) is 0 Å². The Morgan fingerprint density at radius 2 is 2.32 bits per heavy atom. The van der Waals surface area contributed by atoms with Crippen LogP contribution in [0.3, 0.4) is 0 Å². The predicted molar refractivity (Wildman–Crippen MR) is 74.5 cm³/mol. The molecule has 0 bridgehead atoms. The second-order valence-electron chi connectivity index (χ2n) is 5.50. The van der Waals surface area contributed by atoms with Crippen LogP contribution < -0.4 is 0 Å². The van der Waals surface area contributed by atoms with Crippen LogP contribution in [0.15, 0.2) is 18.2 Å². The summed E-state index contributed by atoms with van der Waals surface area (Å²) in [5.74, 6) is 0.323. The Morgan fingerprint density at radius 3 is 2.95 bits per heavy atom. The summed E-state index contributed by atoms with van der Waals surface area (Å²) >= 11 is 5.87. The van der Waals surface area contributed by atoms with Gasteiger partial charge in [0, 0.05) is 18.8 Å². The Balaban J connectivity index is 2.18. The molecular weight excluding hydrogens is 264 g/mol. The van der Waals surface area contributed by atoms with Crippen molar-refractivity contribution in [3.63, 3.8) is 0 Å². The van der Waals surface area contributed by atoms with Crippen molar-refractivity contribution < 1.29 is 9.53 Å². The number of alkyl halides is 1. The summed E-state index contributed by atoms with van der Waals surface area (Å²) < 4.78 is 5.82. The third-order valence-electron chi connectivity index (χ3n) is 3.05. The topological polar surface area (TPSA) is 42.4 Å². The summed E-state index contributed by atoms with van der Waals surface area (Å²) in [5.41, 5.74) is 0.940. The standard InChI is InChI=1S/C14H19ClN2O2/c1-10-5-4-6-12(16-10)13(18)17-8-11(7-15)19-14(2,3)9-17/h4-6,11H,7-9H2,1-3H3. The molecule has 0 saturated carbocycles. The number of carbonyl (C=O) groups excluding carboxylic acids is 1. The van der Waals surface area contributed by atoms with Gasteiger partial charge in [-0.1, -0.05) is 6.07 Å². The molecule has 104 valence electrons. The first-order valence-corrected chi connectivity index (χ1v) is 6.91. The van der Waals surface area contributed by atoms with Gasteiger partial charge in [0.1, 0.15) is 5.69 Å². The van der Waals surface area contributed by atoms with Crippen molar-refractivity contribution in [3.05, 3.63) is 29.6 Å². The molecule has 1 aliphatic rings. The summed E-state index contributed by atoms with van der Waals surface area (Å²) in [6.45, 7) is 6.88. The Labute approximate surface area is 118 Å². The highest BCUT2D eigenvalue weighted by molar-refractivity contribution is 6.18. The van der Waals surface area contributed by atoms with Crippen LogP contribution in [-0.4, -0.2) is 46.5 Å². The van der Waals surface area contributed by atoms with Crippen molar-refractivity contribution in [3.8, 4) is 0 Å². The van der Waals surface area contributed by atoms with E-state index in [2.05, 4.69) is 4.98 Å². The molecule has 1 aromatic rings. The fourth-order valence-corrected chi connectivity index (χ4v) is 2.52. The molecule has 1 unspecified atom stereocenters. The van der Waals surface area contributed by atoms with Crippen LogP contribution in [0, 0.1) is 6.92 Å². The van der Waals surface area contributed by atoms with Gasteiger partial charge in [-0.15, -0.1) is 11.6 Å². The van der Waals surface area contributed by atoms with Crippen molar-refractivity contribution in [2.45, 2.75) is 32.5 Å². The maximum atomic E-state index is 12.5. The van der Waals surface area contributed by atoms with Gasteiger partial charge in [-0.3, -0.25) is 4.79 Å². The average Bonchev–Trinajstić information content (AvgIpc) is 2.36. The number of aryl methyl sites for hydroxylation is 1. The zero-order valence-electron chi connectivity index (χ0n) is 11.5. The second-order valence-corrected chi connectivity index (χ2v) is 5.81. The van der Waals surface area contributed by atoms with Gasteiger partial charge in [-0.05, 0) is 32.9 Å². The van der Waals surface area contributed by atoms with Gasteiger partial charge < -0.3 is 9.64 Å². The van der Waals surface area contributed by atoms with Gasteiger partial charge in [-0.2, -0.15) is 0 Å². The molecule has 1 aromatic heterocycles. The molecule has 0 aliphatic carbocycles. The zero-order valence-corrected chi connectivity index (χ0v) is 12.3. The van der Waals surface area contributed by atoms with Gasteiger partial charge in [0.05, 0.1) is 17.6 Å². The lowest BCUT2D eigenvalue weighted by molar-refractivity contribution is -0.117. The zero-order chi connectivity index (χ0) is 14.0. The minimum atomic E-state index is -0.378. The maximum absolute atomic E-state index is 12.5. The number of amides is 1. The molecule has 19 heavy (non-hydrogen) atoms. The fraction of sp³-hybridized carbons (Fsp3) is 0.571. The molecule has 2 heterocycles. The van der Waals surface area contributed by atoms with Crippen LogP contribution in [0.25, 0.3) is 0 Å². The fourth-order valence-electron chi connectivity index (χ4n) is 2.35. The summed E-state index contributed by atoms with van der Waals surface area (Å²) in [4.78, 5) is 18.5. The first-order valence-electron chi connectivity index (χ1n) is 6.38. The Kier molecular flexibility index (Phi) is 4.11. The molecule has 1 fully saturated rings. The van der Waals surface area contributed by atoms with E-state index >= 15 is 0 Å². The van der Waals surface area contributed by atoms with E-state index in [1.54, 1.807) is 11.0 Å². The number of hydrogen-bond acceptors (Lipinski definition) is 3. The maximum Gasteiger partial charge on any atom is 0.272 e. The third-order valence-corrected chi connectivity index (χ3v) is 3.39. The van der Waals surface area contributed by atoms with E-state index in [9.17, 15) is 4.79 Å². The monoisotopic (exact) mass is 282 g/mol. The van der Waals surface area contributed by atoms with Gasteiger partial charge in [0.25, 0.3) is 5.91 Å². The molecule has 1 aliphatic heterocycles. The normalized spacial score (nSPS) is 22.3. The number of hydrogen-bond donors (Lipinski definition) is 0. The summed E-state index contributed by atoms with van der Waals surface area (Å²) in [5, 5.41) is 0. The largest absolute Gasteiger partial charge is 0.367 e. The summed E-state index contributed by atoms with van der Waals surface area (Å²) in [7, 11) is 0. The SMILES string of the molecule is Cc1cccc(C(=O)N2CC(CCl)OC(C)(C)C2)n1. The lowest BCUT2D eigenvalue weighted by Crippen LogP contribution is -2.55. The van der Waals surface area contributed by atoms with Crippen LogP contribution >= 0.6 is 11.6 Å². The first kappa shape index (κ1) is 14.3. The van der Waals surface area contributed by atoms with Crippen molar-refractivity contribution in [1.82, 2.24) is 9.88 Å². The van der Waals surface area contributed by atoms with Crippen molar-refractivity contribution >= 4 is 17.5 Å². The van der Waals surface area contributed by atoms with Crippen molar-refractivity contribution in [1.29, 1.82) is 0 Å². The van der Waals surface area contributed by atoms with Crippen LogP contribution in [0.4, 0.5) is 0 Å². The van der Waals surface area contributed by atoms with E-state index in [1.165, 1.54) is 0 Å². The molecule has 5 heteroatoms. The lowest BCUT2D eigenvalue weighted by atomic mass is 10.1. The van der Waals surface area contributed by atoms with E-state index < -0.39 is 0 Å². The van der Waals surface area contributed by atoms with Gasteiger partial charge in [0.15, 0.2) is 0 Å². The average molecular weight is 283 g/mol.